The van der Waals surface area contributed by atoms with Gasteiger partial charge in [0.25, 0.3) is 0 Å². The highest BCUT2D eigenvalue weighted by Gasteiger charge is 2.06. The molecule has 0 aliphatic rings. The first-order chi connectivity index (χ1) is 11.1. The zero-order chi connectivity index (χ0) is 16.2. The fourth-order valence-corrected chi connectivity index (χ4v) is 2.16. The average Bonchev–Trinajstić information content (AvgIpc) is 2.97. The van der Waals surface area contributed by atoms with Crippen molar-refractivity contribution in [1.29, 1.82) is 0 Å². The Morgan fingerprint density at radius 3 is 2.78 bits per heavy atom. The minimum Gasteiger partial charge on any atom is -0.478 e. The first kappa shape index (κ1) is 14.5. The number of nitrogens with zero attached hydrogens (tertiary/aromatic N) is 2. The van der Waals surface area contributed by atoms with Crippen LogP contribution in [0.1, 0.15) is 0 Å². The number of carbonyl (C=O) groups is 2. The number of aliphatic carboxylic acids is 1. The molecule has 3 rings (SSSR count). The number of rotatable bonds is 4. The van der Waals surface area contributed by atoms with Gasteiger partial charge in [-0.05, 0) is 24.3 Å². The number of benzene rings is 1. The molecule has 2 aromatic heterocycles. The highest BCUT2D eigenvalue weighted by molar-refractivity contribution is 6.02. The van der Waals surface area contributed by atoms with Crippen molar-refractivity contribution in [2.45, 2.75) is 0 Å². The van der Waals surface area contributed by atoms with Crippen molar-refractivity contribution in [3.63, 3.8) is 0 Å². The van der Waals surface area contributed by atoms with E-state index in [2.05, 4.69) is 10.3 Å². The first-order valence-electron chi connectivity index (χ1n) is 6.88. The Balaban J connectivity index is 1.84. The maximum atomic E-state index is 11.6. The summed E-state index contributed by atoms with van der Waals surface area (Å²) in [5, 5.41) is 11.1. The van der Waals surface area contributed by atoms with Gasteiger partial charge in [-0.15, -0.1) is 0 Å². The number of nitrogens with one attached hydrogen (secondary N) is 1. The summed E-state index contributed by atoms with van der Waals surface area (Å²) in [6.07, 6.45) is 5.58. The average molecular weight is 307 g/mol. The van der Waals surface area contributed by atoms with Gasteiger partial charge in [0, 0.05) is 35.8 Å². The van der Waals surface area contributed by atoms with Crippen LogP contribution in [0.4, 0.5) is 5.69 Å². The summed E-state index contributed by atoms with van der Waals surface area (Å²) in [6, 6.07) is 13.0. The fourth-order valence-electron chi connectivity index (χ4n) is 2.16. The number of carboxylic acids is 1. The number of hydrogen-bond acceptors (Lipinski definition) is 3. The van der Waals surface area contributed by atoms with Gasteiger partial charge in [0.05, 0.1) is 5.69 Å². The number of anilines is 1. The number of hydrogen-bond donors (Lipinski definition) is 2. The quantitative estimate of drug-likeness (QED) is 0.726. The first-order valence-corrected chi connectivity index (χ1v) is 6.88. The fraction of sp³-hybridized carbons (Fsp3) is 0. The van der Waals surface area contributed by atoms with Gasteiger partial charge in [0.15, 0.2) is 0 Å². The minimum atomic E-state index is -1.17. The molecular weight excluding hydrogens is 294 g/mol. The van der Waals surface area contributed by atoms with E-state index in [1.54, 1.807) is 18.2 Å². The molecular formula is C17H13N3O3. The molecule has 0 saturated carbocycles. The van der Waals surface area contributed by atoms with E-state index in [0.29, 0.717) is 5.69 Å². The zero-order valence-corrected chi connectivity index (χ0v) is 12.0. The summed E-state index contributed by atoms with van der Waals surface area (Å²) >= 11 is 0. The van der Waals surface area contributed by atoms with Crippen molar-refractivity contribution >= 4 is 23.2 Å². The van der Waals surface area contributed by atoms with Crippen molar-refractivity contribution in [3.05, 3.63) is 67.0 Å². The summed E-state index contributed by atoms with van der Waals surface area (Å²) in [6.45, 7) is 0. The van der Waals surface area contributed by atoms with E-state index >= 15 is 0 Å². The Hall–Kier alpha value is -3.41. The monoisotopic (exact) mass is 307 g/mol. The lowest BCUT2D eigenvalue weighted by molar-refractivity contribution is -0.131. The molecule has 114 valence electrons. The smallest absolute Gasteiger partial charge is 0.328 e. The molecule has 0 fully saturated rings. The lowest BCUT2D eigenvalue weighted by Crippen LogP contribution is -2.08. The second kappa shape index (κ2) is 6.15. The molecule has 0 atom stereocenters. The Bertz CT molecular complexity index is 879. The number of amides is 1. The van der Waals surface area contributed by atoms with Gasteiger partial charge in [-0.25, -0.2) is 9.78 Å². The maximum Gasteiger partial charge on any atom is 0.328 e. The second-order valence-electron chi connectivity index (χ2n) is 4.83. The molecule has 0 aliphatic heterocycles. The number of carbonyl (C=O) groups excluding carboxylic acids is 1. The molecule has 6 nitrogen and oxygen atoms in total. The van der Waals surface area contributed by atoms with Crippen LogP contribution in [-0.4, -0.2) is 26.4 Å². The van der Waals surface area contributed by atoms with Gasteiger partial charge < -0.3 is 14.8 Å². The Morgan fingerprint density at radius 2 is 2.00 bits per heavy atom. The molecule has 0 radical (unpaired) electrons. The molecule has 1 amide bonds. The standard InChI is InChI=1S/C17H13N3O3/c21-16(7-8-17(22)23)18-13-5-3-4-12(10-13)14-11-20-9-2-1-6-15(20)19-14/h1-11H,(H,18,21)(H,22,23)/b8-7-. The molecule has 0 spiro atoms. The molecule has 0 bridgehead atoms. The predicted octanol–water partition coefficient (Wildman–Crippen LogP) is 2.58. The van der Waals surface area contributed by atoms with Crippen LogP contribution in [0.2, 0.25) is 0 Å². The van der Waals surface area contributed by atoms with Gasteiger partial charge in [-0.1, -0.05) is 18.2 Å². The summed E-state index contributed by atoms with van der Waals surface area (Å²) in [7, 11) is 0. The van der Waals surface area contributed by atoms with E-state index in [9.17, 15) is 9.59 Å². The lowest BCUT2D eigenvalue weighted by Gasteiger charge is -2.04. The van der Waals surface area contributed by atoms with E-state index in [1.165, 1.54) is 0 Å². The highest BCUT2D eigenvalue weighted by atomic mass is 16.4. The molecule has 0 saturated heterocycles. The number of aromatic nitrogens is 2. The van der Waals surface area contributed by atoms with Crippen LogP contribution >= 0.6 is 0 Å². The molecule has 23 heavy (non-hydrogen) atoms. The van der Waals surface area contributed by atoms with Crippen LogP contribution in [0.3, 0.4) is 0 Å². The van der Waals surface area contributed by atoms with E-state index < -0.39 is 11.9 Å². The number of carboxylic acid groups (broad SMARTS) is 1. The molecule has 6 heteroatoms. The van der Waals surface area contributed by atoms with Crippen molar-refractivity contribution in [2.24, 2.45) is 0 Å². The van der Waals surface area contributed by atoms with Crippen molar-refractivity contribution in [2.75, 3.05) is 5.32 Å². The summed E-state index contributed by atoms with van der Waals surface area (Å²) in [4.78, 5) is 26.5. The Labute approximate surface area is 131 Å². The number of imidazole rings is 1. The van der Waals surface area contributed by atoms with Gasteiger partial charge in [0.1, 0.15) is 5.65 Å². The van der Waals surface area contributed by atoms with E-state index in [1.807, 2.05) is 41.1 Å². The van der Waals surface area contributed by atoms with Gasteiger partial charge in [-0.2, -0.15) is 0 Å². The van der Waals surface area contributed by atoms with Crippen LogP contribution in [0, 0.1) is 0 Å². The van der Waals surface area contributed by atoms with Crippen LogP contribution in [0.25, 0.3) is 16.9 Å². The lowest BCUT2D eigenvalue weighted by atomic mass is 10.1. The molecule has 0 aliphatic carbocycles. The third-order valence-corrected chi connectivity index (χ3v) is 3.17. The largest absolute Gasteiger partial charge is 0.478 e. The third kappa shape index (κ3) is 3.44. The maximum absolute atomic E-state index is 11.6. The zero-order valence-electron chi connectivity index (χ0n) is 12.0. The van der Waals surface area contributed by atoms with Crippen LogP contribution < -0.4 is 5.32 Å². The van der Waals surface area contributed by atoms with E-state index in [4.69, 9.17) is 5.11 Å². The molecule has 3 aromatic rings. The predicted molar refractivity (Wildman–Crippen MR) is 86.0 cm³/mol. The van der Waals surface area contributed by atoms with E-state index in [0.717, 1.165) is 29.1 Å². The van der Waals surface area contributed by atoms with Crippen molar-refractivity contribution in [1.82, 2.24) is 9.38 Å². The van der Waals surface area contributed by atoms with Crippen LogP contribution in [-0.2, 0) is 9.59 Å². The summed E-state index contributed by atoms with van der Waals surface area (Å²) < 4.78 is 1.91. The Kier molecular flexibility index (Phi) is 3.88. The van der Waals surface area contributed by atoms with Crippen LogP contribution in [0.5, 0.6) is 0 Å². The SMILES string of the molecule is O=C(O)/C=C\C(=O)Nc1cccc(-c2cn3ccccc3n2)c1. The van der Waals surface area contributed by atoms with Gasteiger partial charge in [-0.3, -0.25) is 4.79 Å². The van der Waals surface area contributed by atoms with Crippen LogP contribution in [0.15, 0.2) is 67.0 Å². The highest BCUT2D eigenvalue weighted by Crippen LogP contribution is 2.22. The molecule has 1 aromatic carbocycles. The molecule has 0 unspecified atom stereocenters. The normalized spacial score (nSPS) is 11.0. The molecule has 2 N–H and O–H groups in total. The summed E-state index contributed by atoms with van der Waals surface area (Å²) in [5.41, 5.74) is 3.04. The molecule has 2 heterocycles. The van der Waals surface area contributed by atoms with Gasteiger partial charge >= 0.3 is 5.97 Å². The van der Waals surface area contributed by atoms with E-state index in [-0.39, 0.29) is 0 Å². The topological polar surface area (TPSA) is 83.7 Å². The second-order valence-corrected chi connectivity index (χ2v) is 4.83. The summed E-state index contributed by atoms with van der Waals surface area (Å²) in [5.74, 6) is -1.67. The Morgan fingerprint density at radius 1 is 1.13 bits per heavy atom. The number of fused-ring (bicyclic) bond motifs is 1. The number of pyridine rings is 1. The minimum absolute atomic E-state index is 0.500. The van der Waals surface area contributed by atoms with Crippen molar-refractivity contribution in [3.8, 4) is 11.3 Å². The third-order valence-electron chi connectivity index (χ3n) is 3.17. The van der Waals surface area contributed by atoms with Crippen molar-refractivity contribution < 1.29 is 14.7 Å². The van der Waals surface area contributed by atoms with Gasteiger partial charge in [0.2, 0.25) is 5.91 Å².